The van der Waals surface area contributed by atoms with Crippen molar-refractivity contribution in [3.8, 4) is 0 Å². The third-order valence-corrected chi connectivity index (χ3v) is 6.15. The molecule has 0 unspecified atom stereocenters. The average Bonchev–Trinajstić information content (AvgIpc) is 3.03. The van der Waals surface area contributed by atoms with E-state index in [1.807, 2.05) is 51.1 Å². The van der Waals surface area contributed by atoms with Gasteiger partial charge in [-0.1, -0.05) is 63.2 Å². The first-order chi connectivity index (χ1) is 14.5. The lowest BCUT2D eigenvalue weighted by Gasteiger charge is -2.33. The van der Waals surface area contributed by atoms with Crippen LogP contribution in [0.2, 0.25) is 0 Å². The van der Waals surface area contributed by atoms with E-state index in [-0.39, 0.29) is 17.9 Å². The van der Waals surface area contributed by atoms with Gasteiger partial charge in [0.05, 0.1) is 4.90 Å². The van der Waals surface area contributed by atoms with Gasteiger partial charge in [0.15, 0.2) is 16.1 Å². The van der Waals surface area contributed by atoms with Crippen molar-refractivity contribution in [3.05, 3.63) is 65.7 Å². The van der Waals surface area contributed by atoms with Crippen molar-refractivity contribution in [1.29, 1.82) is 0 Å². The van der Waals surface area contributed by atoms with E-state index in [0.717, 1.165) is 11.8 Å². The van der Waals surface area contributed by atoms with E-state index in [1.165, 1.54) is 17.0 Å². The highest BCUT2D eigenvalue weighted by Crippen LogP contribution is 2.34. The molecular weight excluding hydrogens is 418 g/mol. The number of hydrogen-bond donors (Lipinski definition) is 0. The molecule has 1 aliphatic heterocycles. The number of rotatable bonds is 5. The van der Waals surface area contributed by atoms with Crippen molar-refractivity contribution in [1.82, 2.24) is 4.90 Å². The van der Waals surface area contributed by atoms with Gasteiger partial charge in [-0.15, -0.1) is 0 Å². The van der Waals surface area contributed by atoms with Gasteiger partial charge in [-0.05, 0) is 23.3 Å². The molecule has 2 aromatic carbocycles. The number of amides is 1. The zero-order valence-electron chi connectivity index (χ0n) is 18.1. The molecule has 1 heterocycles. The Bertz CT molecular complexity index is 1040. The van der Waals surface area contributed by atoms with Gasteiger partial charge in [0, 0.05) is 18.1 Å². The van der Waals surface area contributed by atoms with Gasteiger partial charge in [0.25, 0.3) is 0 Å². The summed E-state index contributed by atoms with van der Waals surface area (Å²) >= 11 is 0. The number of nitrogens with zero attached hydrogens (tertiary/aromatic N) is 1. The van der Waals surface area contributed by atoms with E-state index >= 15 is 0 Å². The van der Waals surface area contributed by atoms with E-state index < -0.39 is 39.6 Å². The molecule has 0 bridgehead atoms. The molecule has 0 saturated carbocycles. The first kappa shape index (κ1) is 22.8. The van der Waals surface area contributed by atoms with Crippen LogP contribution in [-0.2, 0) is 37.1 Å². The number of ether oxygens (including phenoxy) is 2. The van der Waals surface area contributed by atoms with Crippen LogP contribution in [0.5, 0.6) is 0 Å². The van der Waals surface area contributed by atoms with Gasteiger partial charge in [-0.25, -0.2) is 18.0 Å². The molecule has 2 aromatic rings. The second-order valence-electron chi connectivity index (χ2n) is 8.74. The second kappa shape index (κ2) is 8.70. The Labute approximate surface area is 182 Å². The smallest absolute Gasteiger partial charge is 0.413 e. The fraction of sp³-hybridized carbons (Fsp3) is 0.391. The Hall–Kier alpha value is -2.87. The Balaban J connectivity index is 1.82. The maximum absolute atomic E-state index is 13.0. The van der Waals surface area contributed by atoms with E-state index in [9.17, 15) is 18.0 Å². The summed E-state index contributed by atoms with van der Waals surface area (Å²) in [5.41, 5.74) is 1.03. The van der Waals surface area contributed by atoms with Crippen molar-refractivity contribution in [2.75, 3.05) is 6.26 Å². The maximum atomic E-state index is 13.0. The largest absolute Gasteiger partial charge is 0.444 e. The topological polar surface area (TPSA) is 90.0 Å². The van der Waals surface area contributed by atoms with Crippen LogP contribution >= 0.6 is 0 Å². The molecule has 8 heteroatoms. The highest BCUT2D eigenvalue weighted by Gasteiger charge is 2.50. The van der Waals surface area contributed by atoms with Crippen LogP contribution in [0.15, 0.2) is 59.5 Å². The molecule has 0 spiro atoms. The Morgan fingerprint density at radius 3 is 2.19 bits per heavy atom. The SMILES string of the molecule is CC(C)(C)[C@@H]1OC(=O)[C@H](Cc2ccc(S(C)(=O)=O)cc2)N1C(=O)OCc1ccccc1. The summed E-state index contributed by atoms with van der Waals surface area (Å²) in [5.74, 6) is -0.510. The number of hydrogen-bond acceptors (Lipinski definition) is 6. The standard InChI is InChI=1S/C23H27NO6S/c1-23(2,3)21-24(22(26)29-15-17-8-6-5-7-9-17)19(20(25)30-21)14-16-10-12-18(13-11-16)31(4,27)28/h5-13,19,21H,14-15H2,1-4H3/t19-,21-/m0/s1. The van der Waals surface area contributed by atoms with E-state index in [2.05, 4.69) is 0 Å². The lowest BCUT2D eigenvalue weighted by molar-refractivity contribution is -0.147. The summed E-state index contributed by atoms with van der Waals surface area (Å²) in [6.07, 6.45) is -0.0825. The predicted octanol–water partition coefficient (Wildman–Crippen LogP) is 3.57. The minimum Gasteiger partial charge on any atom is -0.444 e. The molecule has 1 saturated heterocycles. The number of benzene rings is 2. The van der Waals surface area contributed by atoms with Gasteiger partial charge in [-0.3, -0.25) is 4.90 Å². The second-order valence-corrected chi connectivity index (χ2v) is 10.8. The van der Waals surface area contributed by atoms with Crippen molar-refractivity contribution in [3.63, 3.8) is 0 Å². The molecule has 0 aliphatic carbocycles. The van der Waals surface area contributed by atoms with E-state index in [1.54, 1.807) is 12.1 Å². The van der Waals surface area contributed by atoms with Crippen LogP contribution in [0.25, 0.3) is 0 Å². The Morgan fingerprint density at radius 1 is 1.03 bits per heavy atom. The molecule has 0 N–H and O–H groups in total. The zero-order valence-corrected chi connectivity index (χ0v) is 18.9. The van der Waals surface area contributed by atoms with Gasteiger partial charge >= 0.3 is 12.1 Å². The molecule has 3 rings (SSSR count). The third-order valence-electron chi connectivity index (χ3n) is 5.03. The van der Waals surface area contributed by atoms with Crippen molar-refractivity contribution < 1.29 is 27.5 Å². The van der Waals surface area contributed by atoms with Gasteiger partial charge in [0.2, 0.25) is 0 Å². The van der Waals surface area contributed by atoms with Crippen LogP contribution < -0.4 is 0 Å². The van der Waals surface area contributed by atoms with Crippen molar-refractivity contribution in [2.24, 2.45) is 5.41 Å². The fourth-order valence-electron chi connectivity index (χ4n) is 3.41. The number of carbonyl (C=O) groups excluding carboxylic acids is 2. The molecule has 1 aliphatic rings. The molecular formula is C23H27NO6S. The molecule has 31 heavy (non-hydrogen) atoms. The first-order valence-electron chi connectivity index (χ1n) is 9.95. The third kappa shape index (κ3) is 5.44. The molecule has 0 radical (unpaired) electrons. The predicted molar refractivity (Wildman–Crippen MR) is 115 cm³/mol. The summed E-state index contributed by atoms with van der Waals surface area (Å²) in [6, 6.07) is 14.7. The van der Waals surface area contributed by atoms with E-state index in [4.69, 9.17) is 9.47 Å². The first-order valence-corrected chi connectivity index (χ1v) is 11.8. The van der Waals surface area contributed by atoms with Crippen LogP contribution in [-0.4, -0.2) is 43.9 Å². The van der Waals surface area contributed by atoms with E-state index in [0.29, 0.717) is 5.56 Å². The van der Waals surface area contributed by atoms with Crippen LogP contribution in [0.3, 0.4) is 0 Å². The molecule has 1 amide bonds. The number of carbonyl (C=O) groups is 2. The summed E-state index contributed by atoms with van der Waals surface area (Å²) in [5, 5.41) is 0. The summed E-state index contributed by atoms with van der Waals surface area (Å²) in [7, 11) is -3.32. The molecule has 166 valence electrons. The normalized spacial score (nSPS) is 19.2. The highest BCUT2D eigenvalue weighted by atomic mass is 32.2. The number of esters is 1. The van der Waals surface area contributed by atoms with Gasteiger partial charge in [-0.2, -0.15) is 0 Å². The van der Waals surface area contributed by atoms with Crippen LogP contribution in [0.4, 0.5) is 4.79 Å². The monoisotopic (exact) mass is 445 g/mol. The summed E-state index contributed by atoms with van der Waals surface area (Å²) in [6.45, 7) is 5.72. The fourth-order valence-corrected chi connectivity index (χ4v) is 4.04. The zero-order chi connectivity index (χ0) is 22.8. The number of sulfone groups is 1. The van der Waals surface area contributed by atoms with Crippen molar-refractivity contribution in [2.45, 2.75) is 51.0 Å². The van der Waals surface area contributed by atoms with Gasteiger partial charge in [0.1, 0.15) is 12.6 Å². The summed E-state index contributed by atoms with van der Waals surface area (Å²) in [4.78, 5) is 27.2. The summed E-state index contributed by atoms with van der Waals surface area (Å²) < 4.78 is 34.4. The maximum Gasteiger partial charge on any atom is 0.413 e. The minimum absolute atomic E-state index is 0.0804. The minimum atomic E-state index is -3.32. The van der Waals surface area contributed by atoms with Crippen LogP contribution in [0.1, 0.15) is 31.9 Å². The lowest BCUT2D eigenvalue weighted by Crippen LogP contribution is -2.48. The molecule has 7 nitrogen and oxygen atoms in total. The molecule has 0 aromatic heterocycles. The van der Waals surface area contributed by atoms with Crippen LogP contribution in [0, 0.1) is 5.41 Å². The Kier molecular flexibility index (Phi) is 6.40. The van der Waals surface area contributed by atoms with Gasteiger partial charge < -0.3 is 9.47 Å². The molecule has 2 atom stereocenters. The quantitative estimate of drug-likeness (QED) is 0.654. The number of cyclic esters (lactones) is 1. The highest BCUT2D eigenvalue weighted by molar-refractivity contribution is 7.90. The lowest BCUT2D eigenvalue weighted by atomic mass is 9.93. The Morgan fingerprint density at radius 2 is 1.65 bits per heavy atom. The average molecular weight is 446 g/mol. The van der Waals surface area contributed by atoms with Crippen molar-refractivity contribution >= 4 is 21.9 Å². The molecule has 1 fully saturated rings.